The Morgan fingerprint density at radius 2 is 1.95 bits per heavy atom. The van der Waals surface area contributed by atoms with Crippen molar-refractivity contribution in [1.29, 1.82) is 0 Å². The molecule has 4 heteroatoms. The number of amides is 1. The third-order valence-corrected chi connectivity index (χ3v) is 3.92. The van der Waals surface area contributed by atoms with Crippen molar-refractivity contribution in [3.8, 4) is 0 Å². The van der Waals surface area contributed by atoms with Crippen molar-refractivity contribution in [2.24, 2.45) is 5.92 Å². The first-order chi connectivity index (χ1) is 10.0. The Labute approximate surface area is 124 Å². The van der Waals surface area contributed by atoms with E-state index < -0.39 is 5.97 Å². The molecule has 0 bridgehead atoms. The summed E-state index contributed by atoms with van der Waals surface area (Å²) in [7, 11) is 0. The number of hydrogen-bond donors (Lipinski definition) is 2. The number of carbonyl (C=O) groups is 2. The summed E-state index contributed by atoms with van der Waals surface area (Å²) in [4.78, 5) is 22.7. The van der Waals surface area contributed by atoms with Crippen molar-refractivity contribution >= 4 is 18.0 Å². The van der Waals surface area contributed by atoms with Gasteiger partial charge in [-0.2, -0.15) is 0 Å². The summed E-state index contributed by atoms with van der Waals surface area (Å²) in [6.07, 6.45) is 6.94. The highest BCUT2D eigenvalue weighted by Gasteiger charge is 2.20. The third kappa shape index (κ3) is 4.74. The molecule has 1 amide bonds. The van der Waals surface area contributed by atoms with E-state index in [4.69, 9.17) is 5.11 Å². The Bertz CT molecular complexity index is 543. The van der Waals surface area contributed by atoms with Crippen molar-refractivity contribution in [2.45, 2.75) is 38.6 Å². The molecule has 112 valence electrons. The lowest BCUT2D eigenvalue weighted by Crippen LogP contribution is -2.37. The average molecular weight is 287 g/mol. The first kappa shape index (κ1) is 15.3. The van der Waals surface area contributed by atoms with Crippen LogP contribution in [0.25, 0.3) is 6.08 Å². The number of carboxylic acid groups (broad SMARTS) is 1. The van der Waals surface area contributed by atoms with Crippen LogP contribution in [0.2, 0.25) is 0 Å². The average Bonchev–Trinajstić information content (AvgIpc) is 2.48. The van der Waals surface area contributed by atoms with E-state index in [1.165, 1.54) is 6.08 Å². The minimum Gasteiger partial charge on any atom is -0.478 e. The molecule has 4 nitrogen and oxygen atoms in total. The standard InChI is InChI=1S/C17H21NO3/c1-12-5-8-15(9-6-12)18-17(21)14-4-2-3-13(11-14)7-10-16(19)20/h2-4,7,10-12,15H,5-6,8-9H2,1H3,(H,18,21)(H,19,20). The predicted molar refractivity (Wildman–Crippen MR) is 82.0 cm³/mol. The van der Waals surface area contributed by atoms with Crippen molar-refractivity contribution in [3.05, 3.63) is 41.5 Å². The molecule has 1 fully saturated rings. The zero-order chi connectivity index (χ0) is 15.2. The summed E-state index contributed by atoms with van der Waals surface area (Å²) < 4.78 is 0. The number of carboxylic acids is 1. The molecule has 0 saturated heterocycles. The first-order valence-corrected chi connectivity index (χ1v) is 7.36. The molecule has 0 spiro atoms. The summed E-state index contributed by atoms with van der Waals surface area (Å²) in [5.41, 5.74) is 1.28. The molecule has 2 N–H and O–H groups in total. The van der Waals surface area contributed by atoms with Crippen LogP contribution in [-0.2, 0) is 4.79 Å². The van der Waals surface area contributed by atoms with Crippen molar-refractivity contribution in [1.82, 2.24) is 5.32 Å². The lowest BCUT2D eigenvalue weighted by molar-refractivity contribution is -0.131. The maximum atomic E-state index is 12.2. The zero-order valence-corrected chi connectivity index (χ0v) is 12.2. The fraction of sp³-hybridized carbons (Fsp3) is 0.412. The number of carbonyl (C=O) groups excluding carboxylic acids is 1. The molecule has 0 radical (unpaired) electrons. The fourth-order valence-corrected chi connectivity index (χ4v) is 2.62. The van der Waals surface area contributed by atoms with E-state index in [1.54, 1.807) is 24.3 Å². The van der Waals surface area contributed by atoms with Gasteiger partial charge >= 0.3 is 5.97 Å². The van der Waals surface area contributed by atoms with Crippen LogP contribution in [0.4, 0.5) is 0 Å². The van der Waals surface area contributed by atoms with Crippen LogP contribution >= 0.6 is 0 Å². The molecule has 1 aliphatic rings. The lowest BCUT2D eigenvalue weighted by atomic mass is 9.87. The Balaban J connectivity index is 1.99. The van der Waals surface area contributed by atoms with Gasteiger partial charge in [0.25, 0.3) is 5.91 Å². The van der Waals surface area contributed by atoms with E-state index in [9.17, 15) is 9.59 Å². The van der Waals surface area contributed by atoms with Gasteiger partial charge in [0.1, 0.15) is 0 Å². The van der Waals surface area contributed by atoms with Gasteiger partial charge in [0, 0.05) is 17.7 Å². The summed E-state index contributed by atoms with van der Waals surface area (Å²) in [5.74, 6) is -0.330. The molecule has 0 aliphatic heterocycles. The molecule has 1 aliphatic carbocycles. The summed E-state index contributed by atoms with van der Waals surface area (Å²) in [6.45, 7) is 2.25. The Morgan fingerprint density at radius 1 is 1.24 bits per heavy atom. The van der Waals surface area contributed by atoms with E-state index >= 15 is 0 Å². The topological polar surface area (TPSA) is 66.4 Å². The molecule has 1 saturated carbocycles. The Hall–Kier alpha value is -2.10. The summed E-state index contributed by atoms with van der Waals surface area (Å²) >= 11 is 0. The maximum absolute atomic E-state index is 12.2. The smallest absolute Gasteiger partial charge is 0.328 e. The second-order valence-corrected chi connectivity index (χ2v) is 5.73. The fourth-order valence-electron chi connectivity index (χ4n) is 2.62. The molecular formula is C17H21NO3. The molecule has 0 atom stereocenters. The van der Waals surface area contributed by atoms with Gasteiger partial charge in [-0.05, 0) is 55.4 Å². The van der Waals surface area contributed by atoms with Gasteiger partial charge in [-0.3, -0.25) is 4.79 Å². The molecule has 0 unspecified atom stereocenters. The normalized spacial score (nSPS) is 22.1. The molecular weight excluding hydrogens is 266 g/mol. The van der Waals surface area contributed by atoms with Gasteiger partial charge in [0.15, 0.2) is 0 Å². The second-order valence-electron chi connectivity index (χ2n) is 5.73. The molecule has 0 aromatic heterocycles. The van der Waals surface area contributed by atoms with Gasteiger partial charge in [-0.25, -0.2) is 4.79 Å². The highest BCUT2D eigenvalue weighted by Crippen LogP contribution is 2.23. The number of rotatable bonds is 4. The van der Waals surface area contributed by atoms with Gasteiger partial charge in [-0.1, -0.05) is 19.1 Å². The Morgan fingerprint density at radius 3 is 2.62 bits per heavy atom. The van der Waals surface area contributed by atoms with Crippen LogP contribution in [0, 0.1) is 5.92 Å². The highest BCUT2D eigenvalue weighted by atomic mass is 16.4. The monoisotopic (exact) mass is 287 g/mol. The lowest BCUT2D eigenvalue weighted by Gasteiger charge is -2.26. The van der Waals surface area contributed by atoms with Crippen LogP contribution in [0.5, 0.6) is 0 Å². The van der Waals surface area contributed by atoms with Gasteiger partial charge < -0.3 is 10.4 Å². The van der Waals surface area contributed by atoms with Crippen LogP contribution in [0.15, 0.2) is 30.3 Å². The molecule has 1 aromatic carbocycles. The van der Waals surface area contributed by atoms with Crippen LogP contribution in [-0.4, -0.2) is 23.0 Å². The number of benzene rings is 1. The molecule has 0 heterocycles. The minimum atomic E-state index is -0.999. The largest absolute Gasteiger partial charge is 0.478 e. The van der Waals surface area contributed by atoms with E-state index in [0.717, 1.165) is 37.7 Å². The van der Waals surface area contributed by atoms with E-state index in [1.807, 2.05) is 0 Å². The summed E-state index contributed by atoms with van der Waals surface area (Å²) in [6, 6.07) is 7.25. The number of nitrogens with one attached hydrogen (secondary N) is 1. The van der Waals surface area contributed by atoms with Crippen LogP contribution in [0.1, 0.15) is 48.5 Å². The van der Waals surface area contributed by atoms with Gasteiger partial charge in [0.2, 0.25) is 0 Å². The zero-order valence-electron chi connectivity index (χ0n) is 12.2. The maximum Gasteiger partial charge on any atom is 0.328 e. The molecule has 1 aromatic rings. The molecule has 21 heavy (non-hydrogen) atoms. The van der Waals surface area contributed by atoms with Crippen molar-refractivity contribution in [2.75, 3.05) is 0 Å². The number of hydrogen-bond acceptors (Lipinski definition) is 2. The van der Waals surface area contributed by atoms with E-state index in [-0.39, 0.29) is 11.9 Å². The predicted octanol–water partition coefficient (Wildman–Crippen LogP) is 3.09. The van der Waals surface area contributed by atoms with Crippen LogP contribution < -0.4 is 5.32 Å². The van der Waals surface area contributed by atoms with Crippen molar-refractivity contribution < 1.29 is 14.7 Å². The Kier molecular flexibility index (Phi) is 5.14. The molecule has 2 rings (SSSR count). The van der Waals surface area contributed by atoms with Gasteiger partial charge in [0.05, 0.1) is 0 Å². The highest BCUT2D eigenvalue weighted by molar-refractivity contribution is 5.95. The first-order valence-electron chi connectivity index (χ1n) is 7.36. The van der Waals surface area contributed by atoms with Crippen LogP contribution in [0.3, 0.4) is 0 Å². The van der Waals surface area contributed by atoms with E-state index in [0.29, 0.717) is 11.1 Å². The quantitative estimate of drug-likeness (QED) is 0.836. The summed E-state index contributed by atoms with van der Waals surface area (Å²) in [5, 5.41) is 11.7. The van der Waals surface area contributed by atoms with Gasteiger partial charge in [-0.15, -0.1) is 0 Å². The second kappa shape index (κ2) is 7.07. The van der Waals surface area contributed by atoms with Crippen molar-refractivity contribution in [3.63, 3.8) is 0 Å². The number of aliphatic carboxylic acids is 1. The third-order valence-electron chi connectivity index (χ3n) is 3.92. The van der Waals surface area contributed by atoms with E-state index in [2.05, 4.69) is 12.2 Å². The minimum absolute atomic E-state index is 0.0832. The SMILES string of the molecule is CC1CCC(NC(=O)c2cccc(C=CC(=O)O)c2)CC1.